The third-order valence-corrected chi connectivity index (χ3v) is 5.82. The van der Waals surface area contributed by atoms with E-state index in [9.17, 15) is 14.4 Å². The Morgan fingerprint density at radius 2 is 2.00 bits per heavy atom. The minimum absolute atomic E-state index is 0.214. The number of fused-ring (bicyclic) bond motifs is 1. The van der Waals surface area contributed by atoms with E-state index in [1.165, 1.54) is 36.9 Å². The molecule has 0 radical (unpaired) electrons. The third-order valence-electron chi connectivity index (χ3n) is 4.19. The molecular weight excluding hydrogens is 425 g/mol. The Kier molecular flexibility index (Phi) is 5.74. The van der Waals surface area contributed by atoms with Crippen LogP contribution in [0.4, 0.5) is 5.00 Å². The number of rotatable bonds is 4. The molecule has 0 aliphatic carbocycles. The highest BCUT2D eigenvalue weighted by molar-refractivity contribution is 7.16. The van der Waals surface area contributed by atoms with E-state index < -0.39 is 17.4 Å². The molecule has 1 aromatic carbocycles. The van der Waals surface area contributed by atoms with Gasteiger partial charge in [0.15, 0.2) is 0 Å². The molecular formula is C18H15Cl2N3O4S. The molecule has 2 aromatic heterocycles. The van der Waals surface area contributed by atoms with Crippen molar-refractivity contribution in [2.75, 3.05) is 12.4 Å². The van der Waals surface area contributed by atoms with Gasteiger partial charge in [-0.05, 0) is 31.5 Å². The Hall–Kier alpha value is -2.42. The van der Waals surface area contributed by atoms with Gasteiger partial charge in [-0.3, -0.25) is 14.2 Å². The smallest absolute Gasteiger partial charge is 0.341 e. The maximum atomic E-state index is 12.7. The Bertz CT molecular complexity index is 1170. The molecule has 0 aliphatic heterocycles. The van der Waals surface area contributed by atoms with E-state index in [2.05, 4.69) is 10.3 Å². The minimum Gasteiger partial charge on any atom is -0.465 e. The number of aromatic nitrogens is 2. The second-order valence-corrected chi connectivity index (χ2v) is 8.06. The van der Waals surface area contributed by atoms with Crippen LogP contribution in [0.5, 0.6) is 0 Å². The number of hydrogen-bond acceptors (Lipinski definition) is 6. The SMILES string of the molecule is COC(=O)c1c(NC(=O)Cn2cnc3c(Cl)cc(Cl)cc3c2=O)sc(C)c1C. The molecule has 0 saturated carbocycles. The average molecular weight is 440 g/mol. The zero-order valence-corrected chi connectivity index (χ0v) is 17.5. The van der Waals surface area contributed by atoms with E-state index in [4.69, 9.17) is 27.9 Å². The lowest BCUT2D eigenvalue weighted by Gasteiger charge is -2.09. The maximum Gasteiger partial charge on any atom is 0.341 e. The van der Waals surface area contributed by atoms with Crippen LogP contribution in [-0.2, 0) is 16.1 Å². The number of carbonyl (C=O) groups is 2. The molecule has 0 fully saturated rings. The molecule has 0 saturated heterocycles. The van der Waals surface area contributed by atoms with Gasteiger partial charge in [0.2, 0.25) is 5.91 Å². The predicted octanol–water partition coefficient (Wildman–Crippen LogP) is 3.81. The lowest BCUT2D eigenvalue weighted by atomic mass is 10.1. The van der Waals surface area contributed by atoms with Crippen LogP contribution in [0.1, 0.15) is 20.8 Å². The molecule has 10 heteroatoms. The number of ether oxygens (including phenoxy) is 1. The Labute approximate surface area is 173 Å². The molecule has 0 aliphatic rings. The van der Waals surface area contributed by atoms with Crippen molar-refractivity contribution < 1.29 is 14.3 Å². The van der Waals surface area contributed by atoms with Crippen molar-refractivity contribution in [1.29, 1.82) is 0 Å². The molecule has 28 heavy (non-hydrogen) atoms. The Balaban J connectivity index is 1.91. The number of aryl methyl sites for hydroxylation is 1. The molecule has 0 spiro atoms. The van der Waals surface area contributed by atoms with Crippen LogP contribution in [0.25, 0.3) is 10.9 Å². The number of esters is 1. The van der Waals surface area contributed by atoms with Crippen molar-refractivity contribution in [3.05, 3.63) is 54.9 Å². The highest BCUT2D eigenvalue weighted by Crippen LogP contribution is 2.33. The van der Waals surface area contributed by atoms with Crippen LogP contribution >= 0.6 is 34.5 Å². The molecule has 146 valence electrons. The number of carbonyl (C=O) groups excluding carboxylic acids is 2. The van der Waals surface area contributed by atoms with Crippen LogP contribution in [0.3, 0.4) is 0 Å². The number of methoxy groups -OCH3 is 1. The normalized spacial score (nSPS) is 10.9. The zero-order chi connectivity index (χ0) is 20.6. The summed E-state index contributed by atoms with van der Waals surface area (Å²) in [6, 6.07) is 2.94. The summed E-state index contributed by atoms with van der Waals surface area (Å²) >= 11 is 13.3. The van der Waals surface area contributed by atoms with Crippen molar-refractivity contribution in [3.8, 4) is 0 Å². The van der Waals surface area contributed by atoms with Crippen LogP contribution in [-0.4, -0.2) is 28.5 Å². The van der Waals surface area contributed by atoms with Crippen molar-refractivity contribution in [2.24, 2.45) is 0 Å². The second-order valence-electron chi connectivity index (χ2n) is 5.99. The number of thiophene rings is 1. The highest BCUT2D eigenvalue weighted by atomic mass is 35.5. The predicted molar refractivity (Wildman–Crippen MR) is 110 cm³/mol. The summed E-state index contributed by atoms with van der Waals surface area (Å²) < 4.78 is 5.94. The van der Waals surface area contributed by atoms with Gasteiger partial charge in [-0.1, -0.05) is 23.2 Å². The minimum atomic E-state index is -0.536. The monoisotopic (exact) mass is 439 g/mol. The van der Waals surface area contributed by atoms with Gasteiger partial charge in [-0.15, -0.1) is 11.3 Å². The number of nitrogens with one attached hydrogen (secondary N) is 1. The summed E-state index contributed by atoms with van der Waals surface area (Å²) in [5.41, 5.74) is 0.906. The topological polar surface area (TPSA) is 90.3 Å². The fourth-order valence-electron chi connectivity index (χ4n) is 2.69. The fourth-order valence-corrected chi connectivity index (χ4v) is 4.30. The zero-order valence-electron chi connectivity index (χ0n) is 15.1. The standard InChI is InChI=1S/C18H15Cl2N3O4S/c1-8-9(2)28-16(14(8)18(26)27-3)22-13(24)6-23-7-21-15-11(17(23)25)4-10(19)5-12(15)20/h4-5,7H,6H2,1-3H3,(H,22,24). The molecule has 1 amide bonds. The van der Waals surface area contributed by atoms with Gasteiger partial charge in [0, 0.05) is 9.90 Å². The summed E-state index contributed by atoms with van der Waals surface area (Å²) in [4.78, 5) is 42.2. The van der Waals surface area contributed by atoms with E-state index in [-0.39, 0.29) is 17.0 Å². The number of benzene rings is 1. The summed E-state index contributed by atoms with van der Waals surface area (Å²) in [6.07, 6.45) is 1.25. The average Bonchev–Trinajstić information content (AvgIpc) is 2.90. The summed E-state index contributed by atoms with van der Waals surface area (Å²) in [5.74, 6) is -1.02. The third kappa shape index (κ3) is 3.76. The van der Waals surface area contributed by atoms with E-state index in [0.29, 0.717) is 21.1 Å². The van der Waals surface area contributed by atoms with E-state index in [0.717, 1.165) is 15.0 Å². The lowest BCUT2D eigenvalue weighted by Crippen LogP contribution is -2.28. The second kappa shape index (κ2) is 7.90. The molecule has 0 bridgehead atoms. The van der Waals surface area contributed by atoms with Crippen LogP contribution in [0, 0.1) is 13.8 Å². The van der Waals surface area contributed by atoms with Crippen molar-refractivity contribution >= 4 is 62.3 Å². The van der Waals surface area contributed by atoms with Gasteiger partial charge in [-0.2, -0.15) is 0 Å². The number of halogens is 2. The quantitative estimate of drug-likeness (QED) is 0.624. The van der Waals surface area contributed by atoms with Gasteiger partial charge in [0.1, 0.15) is 11.5 Å². The fraction of sp³-hybridized carbons (Fsp3) is 0.222. The first kappa shape index (κ1) is 20.3. The van der Waals surface area contributed by atoms with Gasteiger partial charge >= 0.3 is 5.97 Å². The molecule has 1 N–H and O–H groups in total. The van der Waals surface area contributed by atoms with E-state index >= 15 is 0 Å². The largest absolute Gasteiger partial charge is 0.465 e. The van der Waals surface area contributed by atoms with Crippen LogP contribution in [0.15, 0.2) is 23.3 Å². The number of amides is 1. The molecule has 0 unspecified atom stereocenters. The highest BCUT2D eigenvalue weighted by Gasteiger charge is 2.22. The van der Waals surface area contributed by atoms with Crippen LogP contribution < -0.4 is 10.9 Å². The number of nitrogens with zero attached hydrogens (tertiary/aromatic N) is 2. The molecule has 0 atom stereocenters. The number of anilines is 1. The summed E-state index contributed by atoms with van der Waals surface area (Å²) in [5, 5.41) is 3.81. The van der Waals surface area contributed by atoms with Gasteiger partial charge in [0.25, 0.3) is 5.56 Å². The van der Waals surface area contributed by atoms with E-state index in [1.54, 1.807) is 6.92 Å². The first-order valence-corrected chi connectivity index (χ1v) is 9.62. The summed E-state index contributed by atoms with van der Waals surface area (Å²) in [7, 11) is 1.27. The van der Waals surface area contributed by atoms with Gasteiger partial charge < -0.3 is 10.1 Å². The first-order valence-electron chi connectivity index (χ1n) is 8.05. The molecule has 2 heterocycles. The van der Waals surface area contributed by atoms with E-state index in [1.807, 2.05) is 6.92 Å². The molecule has 3 aromatic rings. The molecule has 7 nitrogen and oxygen atoms in total. The Morgan fingerprint density at radius 3 is 2.68 bits per heavy atom. The first-order chi connectivity index (χ1) is 13.2. The Morgan fingerprint density at radius 1 is 1.29 bits per heavy atom. The maximum absolute atomic E-state index is 12.7. The molecule has 3 rings (SSSR count). The lowest BCUT2D eigenvalue weighted by molar-refractivity contribution is -0.116. The van der Waals surface area contributed by atoms with Gasteiger partial charge in [0.05, 0.1) is 34.9 Å². The van der Waals surface area contributed by atoms with Gasteiger partial charge in [-0.25, -0.2) is 9.78 Å². The van der Waals surface area contributed by atoms with Crippen molar-refractivity contribution in [1.82, 2.24) is 9.55 Å². The number of hydrogen-bond donors (Lipinski definition) is 1. The van der Waals surface area contributed by atoms with Crippen LogP contribution in [0.2, 0.25) is 10.0 Å². The van der Waals surface area contributed by atoms with Crippen molar-refractivity contribution in [2.45, 2.75) is 20.4 Å². The summed E-state index contributed by atoms with van der Waals surface area (Å²) in [6.45, 7) is 3.33. The van der Waals surface area contributed by atoms with Crippen molar-refractivity contribution in [3.63, 3.8) is 0 Å².